The number of nitrogens with one attached hydrogen (secondary N) is 1. The third kappa shape index (κ3) is 4.16. The summed E-state index contributed by atoms with van der Waals surface area (Å²) in [4.78, 5) is 15.4. The standard InChI is InChI=1S/C16H20N2O3/c1-11(2)18-14(16(19)20)8-10-21-15-7-3-6-13-12(15)5-4-9-17-13/h3-7,9,11,14,18H,8,10H2,1-2H3,(H,19,20). The first kappa shape index (κ1) is 15.3. The van der Waals surface area contributed by atoms with Gasteiger partial charge in [0.25, 0.3) is 0 Å². The third-order valence-corrected chi connectivity index (χ3v) is 3.10. The quantitative estimate of drug-likeness (QED) is 0.819. The fourth-order valence-corrected chi connectivity index (χ4v) is 2.17. The third-order valence-electron chi connectivity index (χ3n) is 3.10. The zero-order chi connectivity index (χ0) is 15.2. The van der Waals surface area contributed by atoms with Crippen molar-refractivity contribution in [3.63, 3.8) is 0 Å². The van der Waals surface area contributed by atoms with Gasteiger partial charge in [0.1, 0.15) is 11.8 Å². The highest BCUT2D eigenvalue weighted by molar-refractivity contribution is 5.84. The Labute approximate surface area is 124 Å². The van der Waals surface area contributed by atoms with Gasteiger partial charge in [0.05, 0.1) is 12.1 Å². The minimum atomic E-state index is -0.855. The van der Waals surface area contributed by atoms with Crippen LogP contribution in [0.3, 0.4) is 0 Å². The molecule has 2 rings (SSSR count). The fourth-order valence-electron chi connectivity index (χ4n) is 2.17. The highest BCUT2D eigenvalue weighted by Crippen LogP contribution is 2.23. The molecule has 112 valence electrons. The summed E-state index contributed by atoms with van der Waals surface area (Å²) in [5.41, 5.74) is 0.866. The van der Waals surface area contributed by atoms with Gasteiger partial charge in [0.2, 0.25) is 0 Å². The number of rotatable bonds is 7. The fraction of sp³-hybridized carbons (Fsp3) is 0.375. The van der Waals surface area contributed by atoms with E-state index in [9.17, 15) is 4.79 Å². The average Bonchev–Trinajstić information content (AvgIpc) is 2.46. The summed E-state index contributed by atoms with van der Waals surface area (Å²) in [6, 6.07) is 8.99. The van der Waals surface area contributed by atoms with Crippen molar-refractivity contribution in [1.82, 2.24) is 10.3 Å². The molecule has 0 fully saturated rings. The number of ether oxygens (including phenoxy) is 1. The molecule has 0 radical (unpaired) electrons. The molecule has 1 unspecified atom stereocenters. The number of aliphatic carboxylic acids is 1. The smallest absolute Gasteiger partial charge is 0.320 e. The summed E-state index contributed by atoms with van der Waals surface area (Å²) in [7, 11) is 0. The molecule has 0 spiro atoms. The van der Waals surface area contributed by atoms with Crippen LogP contribution < -0.4 is 10.1 Å². The topological polar surface area (TPSA) is 71.5 Å². The molecule has 1 atom stereocenters. The number of aromatic nitrogens is 1. The first-order valence-corrected chi connectivity index (χ1v) is 7.03. The summed E-state index contributed by atoms with van der Waals surface area (Å²) < 4.78 is 5.74. The second kappa shape index (κ2) is 7.04. The second-order valence-electron chi connectivity index (χ2n) is 5.18. The van der Waals surface area contributed by atoms with Gasteiger partial charge < -0.3 is 15.2 Å². The molecule has 0 saturated heterocycles. The zero-order valence-corrected chi connectivity index (χ0v) is 12.2. The van der Waals surface area contributed by atoms with Gasteiger partial charge in [-0.05, 0) is 24.3 Å². The van der Waals surface area contributed by atoms with Crippen LogP contribution in [0.4, 0.5) is 0 Å². The number of nitrogens with zero attached hydrogens (tertiary/aromatic N) is 1. The molecule has 0 aliphatic carbocycles. The molecule has 0 amide bonds. The Bertz CT molecular complexity index is 608. The lowest BCUT2D eigenvalue weighted by molar-refractivity contribution is -0.140. The van der Waals surface area contributed by atoms with E-state index < -0.39 is 12.0 Å². The molecule has 0 aliphatic heterocycles. The van der Waals surface area contributed by atoms with E-state index in [1.165, 1.54) is 0 Å². The summed E-state index contributed by atoms with van der Waals surface area (Å²) in [5, 5.41) is 13.1. The Balaban J connectivity index is 2.00. The maximum absolute atomic E-state index is 11.2. The van der Waals surface area contributed by atoms with Gasteiger partial charge >= 0.3 is 5.97 Å². The molecule has 5 nitrogen and oxygen atoms in total. The second-order valence-corrected chi connectivity index (χ2v) is 5.18. The van der Waals surface area contributed by atoms with Crippen molar-refractivity contribution in [1.29, 1.82) is 0 Å². The highest BCUT2D eigenvalue weighted by Gasteiger charge is 2.18. The number of carboxylic acid groups (broad SMARTS) is 1. The monoisotopic (exact) mass is 288 g/mol. The number of hydrogen-bond donors (Lipinski definition) is 2. The van der Waals surface area contributed by atoms with Crippen molar-refractivity contribution in [3.05, 3.63) is 36.5 Å². The van der Waals surface area contributed by atoms with E-state index in [0.717, 1.165) is 16.7 Å². The molecule has 1 aromatic heterocycles. The summed E-state index contributed by atoms with van der Waals surface area (Å²) in [5.74, 6) is -0.124. The van der Waals surface area contributed by atoms with E-state index in [-0.39, 0.29) is 6.04 Å². The SMILES string of the molecule is CC(C)NC(CCOc1cccc2ncccc12)C(=O)O. The van der Waals surface area contributed by atoms with Crippen LogP contribution in [0.25, 0.3) is 10.9 Å². The van der Waals surface area contributed by atoms with Gasteiger partial charge in [-0.25, -0.2) is 0 Å². The molecule has 0 bridgehead atoms. The van der Waals surface area contributed by atoms with Gasteiger partial charge in [0, 0.05) is 24.0 Å². The van der Waals surface area contributed by atoms with Crippen molar-refractivity contribution in [3.8, 4) is 5.75 Å². The van der Waals surface area contributed by atoms with E-state index in [4.69, 9.17) is 9.84 Å². The average molecular weight is 288 g/mol. The van der Waals surface area contributed by atoms with Gasteiger partial charge in [-0.3, -0.25) is 9.78 Å². The normalized spacial score (nSPS) is 12.5. The Kier molecular flexibility index (Phi) is 5.11. The predicted octanol–water partition coefficient (Wildman–Crippen LogP) is 2.45. The van der Waals surface area contributed by atoms with Gasteiger partial charge in [-0.1, -0.05) is 19.9 Å². The van der Waals surface area contributed by atoms with Gasteiger partial charge in [-0.15, -0.1) is 0 Å². The van der Waals surface area contributed by atoms with Crippen LogP contribution >= 0.6 is 0 Å². The Morgan fingerprint density at radius 1 is 1.33 bits per heavy atom. The predicted molar refractivity (Wildman–Crippen MR) is 81.6 cm³/mol. The van der Waals surface area contributed by atoms with E-state index in [2.05, 4.69) is 10.3 Å². The Hall–Kier alpha value is -2.14. The van der Waals surface area contributed by atoms with Gasteiger partial charge in [-0.2, -0.15) is 0 Å². The van der Waals surface area contributed by atoms with E-state index in [0.29, 0.717) is 13.0 Å². The molecule has 2 N–H and O–H groups in total. The lowest BCUT2D eigenvalue weighted by atomic mass is 10.2. The summed E-state index contributed by atoms with van der Waals surface area (Å²) in [6.07, 6.45) is 2.14. The largest absolute Gasteiger partial charge is 0.493 e. The molecule has 0 saturated carbocycles. The van der Waals surface area contributed by atoms with Crippen LogP contribution in [0.2, 0.25) is 0 Å². The number of carbonyl (C=O) groups is 1. The van der Waals surface area contributed by atoms with Crippen molar-refractivity contribution >= 4 is 16.9 Å². The summed E-state index contributed by atoms with van der Waals surface area (Å²) in [6.45, 7) is 4.19. The van der Waals surface area contributed by atoms with Crippen LogP contribution in [0.15, 0.2) is 36.5 Å². The van der Waals surface area contributed by atoms with Crippen molar-refractivity contribution in [2.45, 2.75) is 32.4 Å². The lowest BCUT2D eigenvalue weighted by Crippen LogP contribution is -2.41. The van der Waals surface area contributed by atoms with Crippen LogP contribution in [-0.4, -0.2) is 34.8 Å². The molecule has 0 aliphatic rings. The highest BCUT2D eigenvalue weighted by atomic mass is 16.5. The Morgan fingerprint density at radius 3 is 2.86 bits per heavy atom. The maximum Gasteiger partial charge on any atom is 0.320 e. The zero-order valence-electron chi connectivity index (χ0n) is 12.2. The van der Waals surface area contributed by atoms with Crippen molar-refractivity contribution in [2.75, 3.05) is 6.61 Å². The molecule has 2 aromatic rings. The first-order valence-electron chi connectivity index (χ1n) is 7.03. The lowest BCUT2D eigenvalue weighted by Gasteiger charge is -2.17. The van der Waals surface area contributed by atoms with Crippen LogP contribution in [0.5, 0.6) is 5.75 Å². The first-order chi connectivity index (χ1) is 10.1. The van der Waals surface area contributed by atoms with Crippen molar-refractivity contribution < 1.29 is 14.6 Å². The number of carboxylic acids is 1. The van der Waals surface area contributed by atoms with Crippen LogP contribution in [0.1, 0.15) is 20.3 Å². The molecule has 1 heterocycles. The van der Waals surface area contributed by atoms with E-state index in [1.807, 2.05) is 44.2 Å². The number of fused-ring (bicyclic) bond motifs is 1. The maximum atomic E-state index is 11.2. The van der Waals surface area contributed by atoms with Crippen LogP contribution in [-0.2, 0) is 4.79 Å². The molecule has 21 heavy (non-hydrogen) atoms. The minimum Gasteiger partial charge on any atom is -0.493 e. The number of hydrogen-bond acceptors (Lipinski definition) is 4. The Morgan fingerprint density at radius 2 is 2.14 bits per heavy atom. The number of benzene rings is 1. The van der Waals surface area contributed by atoms with Crippen molar-refractivity contribution in [2.24, 2.45) is 0 Å². The van der Waals surface area contributed by atoms with E-state index >= 15 is 0 Å². The molecular weight excluding hydrogens is 268 g/mol. The van der Waals surface area contributed by atoms with Gasteiger partial charge in [0.15, 0.2) is 0 Å². The van der Waals surface area contributed by atoms with Crippen LogP contribution in [0, 0.1) is 0 Å². The molecule has 1 aromatic carbocycles. The number of pyridine rings is 1. The summed E-state index contributed by atoms with van der Waals surface area (Å²) >= 11 is 0. The molecule has 5 heteroatoms. The molecular formula is C16H20N2O3. The minimum absolute atomic E-state index is 0.118. The van der Waals surface area contributed by atoms with E-state index in [1.54, 1.807) is 6.20 Å².